The van der Waals surface area contributed by atoms with Crippen LogP contribution in [0.3, 0.4) is 0 Å². The Bertz CT molecular complexity index is 10200. The number of hydrogen-bond acceptors (Lipinski definition) is 6. The van der Waals surface area contributed by atoms with Crippen LogP contribution in [0.15, 0.2) is 510 Å². The van der Waals surface area contributed by atoms with Crippen LogP contribution in [0.5, 0.6) is 0 Å². The molecule has 0 atom stereocenters. The van der Waals surface area contributed by atoms with Gasteiger partial charge in [-0.1, -0.05) is 315 Å². The van der Waals surface area contributed by atoms with Gasteiger partial charge in [0.1, 0.15) is 23.3 Å². The van der Waals surface area contributed by atoms with Gasteiger partial charge in [-0.05, 0) is 205 Å². The van der Waals surface area contributed by atoms with Crippen molar-refractivity contribution in [2.75, 3.05) is 0 Å². The molecule has 0 amide bonds. The number of para-hydroxylation sites is 14. The topological polar surface area (TPSA) is 139 Å². The number of nitrogens with zero attached hydrogens (tertiary/aromatic N) is 14. The molecule has 0 aliphatic rings. The fraction of sp³-hybridized carbons (Fsp3) is 0. The third-order valence-electron chi connectivity index (χ3n) is 29.2. The van der Waals surface area contributed by atoms with Crippen LogP contribution in [-0.2, 0) is 0 Å². The number of fused-ring (bicyclic) bond motifs is 25. The molecule has 31 aromatic rings. The van der Waals surface area contributed by atoms with E-state index in [1.165, 1.54) is 142 Å². The van der Waals surface area contributed by atoms with Gasteiger partial charge in [0.15, 0.2) is 0 Å². The SMILES string of the molecule is N#Cc1ccc2c(c1)c1ccccc1n2-c1cccc(-n2c3ccccc3c3cc(C#N)ccc32)n1.[HH].[HH].[HH].[HH].[HH].[HH].[HH].[HH].[HH].[HH].[HH].[HH].[HH].[HH].[HH].[HH].[HH].[HH].[HH].[HH].[HH].[HH].[HH].[HH].[HH].[HH].[HH].[HH].[HH].[HH].[HH].[HH].[HH].[HH].[HH].[HH].[HH].[HH].[HH].[HH].[HH].[HH].[HH].[HH].[HH].[HH].[HH].[HH].[HH].[HH].[HH].[HH].[HH].[HH].[HH].[HH].[HH].[HH].[HH].[HH].[HH].[HH].[HH].[HH].[HH].[HH].[HH].[HH].[HH].[HH].[HH].[HH].[HH].[HH].[HH].[HH].[HH].c1cc(-n2c3ccccc3c3ccccc32)cc(-n2c3ccccc3c3ccccc32)c1.c1cc(-n2c3ccccc3c3ccccc32)nc(-n2c3ccccc3c3ccccc32)c1.c1ccc(-c2nc(-n3c4ccccc4c4cc(-c5ccc6c(c5)c5ccccc5n6-c5ccccc5)ccc43)nc3ccccc23)cc1. The summed E-state index contributed by atoms with van der Waals surface area (Å²) in [6.45, 7) is 0. The number of pyridine rings is 2. The van der Waals surface area contributed by atoms with Gasteiger partial charge in [-0.2, -0.15) is 10.5 Å². The minimum absolute atomic E-state index is 0. The number of rotatable bonds is 10. The van der Waals surface area contributed by atoms with Crippen molar-refractivity contribution in [3.8, 4) is 80.8 Å². The molecule has 0 unspecified atom stereocenters. The first-order valence-electron chi connectivity index (χ1n) is 49.7. The average Bonchev–Trinajstić information content (AvgIpc) is 1.34. The summed E-state index contributed by atoms with van der Waals surface area (Å²) in [5, 5.41) is 39.1. The summed E-state index contributed by atoms with van der Waals surface area (Å²) in [6.07, 6.45) is 0. The van der Waals surface area contributed by atoms with Crippen LogP contribution in [-0.4, -0.2) is 56.5 Å². The third-order valence-corrected chi connectivity index (χ3v) is 29.2. The molecular weight excluding hydrogens is 1810 g/mol. The molecule has 0 saturated carbocycles. The van der Waals surface area contributed by atoms with E-state index in [2.05, 4.69) is 467 Å². The Morgan fingerprint density at radius 2 is 0.392 bits per heavy atom. The molecule has 11 aromatic heterocycles. The van der Waals surface area contributed by atoms with E-state index < -0.39 is 0 Å². The number of hydrogen-bond donors (Lipinski definition) is 0. The average molecular weight is 2050 g/mol. The second kappa shape index (κ2) is 35.3. The Morgan fingerprint density at radius 1 is 0.155 bits per heavy atom. The molecule has 14 nitrogen and oxygen atoms in total. The van der Waals surface area contributed by atoms with Gasteiger partial charge in [-0.3, -0.25) is 22.8 Å². The minimum atomic E-state index is 0. The molecule has 0 N–H and O–H groups in total. The summed E-state index contributed by atoms with van der Waals surface area (Å²) in [6, 6.07) is 183. The van der Waals surface area contributed by atoms with E-state index in [9.17, 15) is 10.5 Å². The molecule has 0 bridgehead atoms. The summed E-state index contributed by atoms with van der Waals surface area (Å²) in [5.41, 5.74) is 28.3. The van der Waals surface area contributed by atoms with E-state index in [4.69, 9.17) is 19.9 Å². The smallest absolute Gasteiger partial charge is 0.235 e. The fourth-order valence-corrected chi connectivity index (χ4v) is 22.8. The maximum atomic E-state index is 9.45. The van der Waals surface area contributed by atoms with Gasteiger partial charge >= 0.3 is 0 Å². The molecule has 14 heteroatoms. The Morgan fingerprint density at radius 3 is 0.730 bits per heavy atom. The maximum absolute atomic E-state index is 9.45. The van der Waals surface area contributed by atoms with Crippen LogP contribution in [0.25, 0.3) is 254 Å². The van der Waals surface area contributed by atoms with Crippen molar-refractivity contribution in [1.29, 1.82) is 10.5 Å². The second-order valence-electron chi connectivity index (χ2n) is 37.4. The lowest BCUT2D eigenvalue weighted by Crippen LogP contribution is -2.03. The van der Waals surface area contributed by atoms with Crippen molar-refractivity contribution >= 4 is 185 Å². The summed E-state index contributed by atoms with van der Waals surface area (Å²) in [5.74, 6) is 4.09. The van der Waals surface area contributed by atoms with Gasteiger partial charge in [0, 0.05) is 224 Å². The highest BCUT2D eigenvalue weighted by molar-refractivity contribution is 6.17. The predicted molar refractivity (Wildman–Crippen MR) is 772 cm³/mol. The minimum Gasteiger partial charge on any atom is -0.309 e. The zero-order chi connectivity index (χ0) is 98.0. The second-order valence-corrected chi connectivity index (χ2v) is 37.4. The first-order valence-corrected chi connectivity index (χ1v) is 49.7. The van der Waals surface area contributed by atoms with Crippen molar-refractivity contribution in [3.63, 3.8) is 0 Å². The Kier molecular flexibility index (Phi) is 20.4. The van der Waals surface area contributed by atoms with Crippen molar-refractivity contribution in [3.05, 3.63) is 521 Å². The Balaban J connectivity index is -0.0000000342. The molecule has 11 heterocycles. The molecule has 0 spiro atoms. The normalized spacial score (nSPS) is 11.6. The lowest BCUT2D eigenvalue weighted by atomic mass is 10.0. The van der Waals surface area contributed by atoms with Crippen LogP contribution >= 0.6 is 0 Å². The number of aromatic nitrogens is 12. The molecular formula is C134H238N14. The summed E-state index contributed by atoms with van der Waals surface area (Å²) < 4.78 is 18.2. The van der Waals surface area contributed by atoms with Gasteiger partial charge in [0.2, 0.25) is 5.95 Å². The summed E-state index contributed by atoms with van der Waals surface area (Å²) >= 11 is 0. The van der Waals surface area contributed by atoms with Gasteiger partial charge in [0.25, 0.3) is 0 Å². The van der Waals surface area contributed by atoms with Gasteiger partial charge in [-0.15, -0.1) is 0 Å². The van der Waals surface area contributed by atoms with Gasteiger partial charge < -0.3 is 13.7 Å². The molecule has 0 aliphatic carbocycles. The quantitative estimate of drug-likeness (QED) is 0.134. The Labute approximate surface area is 962 Å². The number of nitriles is 2. The lowest BCUT2D eigenvalue weighted by Gasteiger charge is -2.12. The third kappa shape index (κ3) is 14.0. The first-order chi connectivity index (χ1) is 73.4. The van der Waals surface area contributed by atoms with Crippen LogP contribution in [0.4, 0.5) is 0 Å². The van der Waals surface area contributed by atoms with E-state index in [1.807, 2.05) is 91.0 Å². The van der Waals surface area contributed by atoms with Gasteiger partial charge in [-0.25, -0.2) is 19.9 Å². The van der Waals surface area contributed by atoms with E-state index >= 15 is 0 Å². The molecule has 0 radical (unpaired) electrons. The highest BCUT2D eigenvalue weighted by Gasteiger charge is 2.25. The maximum Gasteiger partial charge on any atom is 0.235 e. The summed E-state index contributed by atoms with van der Waals surface area (Å²) in [4.78, 5) is 20.7. The highest BCUT2D eigenvalue weighted by Crippen LogP contribution is 2.45. The van der Waals surface area contributed by atoms with Gasteiger partial charge in [0.05, 0.1) is 123 Å². The molecule has 0 aliphatic heterocycles. The molecule has 0 fully saturated rings. The van der Waals surface area contributed by atoms with Crippen molar-refractivity contribution in [2.24, 2.45) is 0 Å². The molecule has 844 valence electrons. The lowest BCUT2D eigenvalue weighted by molar-refractivity contribution is 1.01. The van der Waals surface area contributed by atoms with Crippen molar-refractivity contribution in [2.45, 2.75) is 0 Å². The Hall–Kier alpha value is -20.6. The van der Waals surface area contributed by atoms with Crippen LogP contribution < -0.4 is 0 Å². The molecule has 0 saturated heterocycles. The zero-order valence-corrected chi connectivity index (χ0v) is 79.8. The van der Waals surface area contributed by atoms with Crippen LogP contribution in [0.2, 0.25) is 0 Å². The highest BCUT2D eigenvalue weighted by atomic mass is 15.2. The predicted octanol–water partition coefficient (Wildman–Crippen LogP) is 52.3. The largest absolute Gasteiger partial charge is 0.309 e. The standard InChI is InChI=1S/C44H28N4.C31H17N5.C30H20N2.C29H19N3.77H2/c1-3-13-29(14-4-1)43-35-19-7-10-20-38(35)45-44(46-43)48-40-22-12-9-18-34(40)37-28-31(24-26-42(37)48)30-23-25-41-36(27-30)33-17-8-11-21-39(33)47(41)32-15-5-2-6-16-32;32-18-20-12-14-28-24(16-20)22-6-1-3-8-26(22)35(28)30-10-5-11-31(34-30)36-27-9-4-2-7-23(27)25-17-21(19-33)13-15-29(25)36;1-5-16-27-23(12-1)24-13-2-6-17-28(24)31(27)21-10-9-11-22(20-21)32-29-18-7-3-14-25(29)26-15-4-8-19-30(26)32;1-5-14-24-20(10-1)21-11-2-6-15-25(21)31(24)28-18-9-19-29(30-28)32-26-16-7-3-12-22(26)23-13-4-8-17-27(23)32;;;;;;;;;;;;;;;;;;;;;;;;;;;;;;;;;;;;;;;;;;;;;;;;;;;;;;;;;;;;;;;;;;;;;;;;;;;;;/h1-28H;1-17H;1-20H;1-19H;77*1H. The van der Waals surface area contributed by atoms with Crippen molar-refractivity contribution < 1.29 is 110 Å². The molecule has 31 rings (SSSR count). The first kappa shape index (κ1) is 85.4. The van der Waals surface area contributed by atoms with E-state index in [-0.39, 0.29) is 110 Å². The van der Waals surface area contributed by atoms with Crippen LogP contribution in [0, 0.1) is 22.7 Å². The molecule has 20 aromatic carbocycles. The van der Waals surface area contributed by atoms with E-state index in [0.717, 1.165) is 106 Å². The van der Waals surface area contributed by atoms with E-state index in [0.29, 0.717) is 17.1 Å². The monoisotopic (exact) mass is 2040 g/mol. The summed E-state index contributed by atoms with van der Waals surface area (Å²) in [7, 11) is 0. The van der Waals surface area contributed by atoms with Crippen LogP contribution in [0.1, 0.15) is 121 Å². The van der Waals surface area contributed by atoms with Crippen molar-refractivity contribution in [1.82, 2.24) is 56.5 Å². The number of benzene rings is 20. The van der Waals surface area contributed by atoms with E-state index in [1.54, 1.807) is 0 Å². The fourth-order valence-electron chi connectivity index (χ4n) is 22.8. The molecule has 148 heavy (non-hydrogen) atoms. The zero-order valence-electron chi connectivity index (χ0n) is 79.8.